The SMILES string of the molecule is c1ccc(P(NCc2ccccn2)c2ccccc2)cc1. The van der Waals surface area contributed by atoms with Gasteiger partial charge in [-0.25, -0.2) is 0 Å². The first-order valence-corrected chi connectivity index (χ1v) is 8.31. The molecule has 0 saturated carbocycles. The van der Waals surface area contributed by atoms with E-state index in [4.69, 9.17) is 0 Å². The van der Waals surface area contributed by atoms with Gasteiger partial charge in [0.15, 0.2) is 0 Å². The van der Waals surface area contributed by atoms with E-state index in [0.29, 0.717) is 0 Å². The number of hydrogen-bond donors (Lipinski definition) is 1. The second-order valence-corrected chi connectivity index (χ2v) is 6.68. The molecule has 2 aromatic carbocycles. The molecule has 3 rings (SSSR count). The lowest BCUT2D eigenvalue weighted by Gasteiger charge is -2.19. The zero-order valence-corrected chi connectivity index (χ0v) is 12.6. The zero-order chi connectivity index (χ0) is 14.3. The van der Waals surface area contributed by atoms with Crippen molar-refractivity contribution >= 4 is 18.7 Å². The van der Waals surface area contributed by atoms with E-state index in [-0.39, 0.29) is 0 Å². The quantitative estimate of drug-likeness (QED) is 0.730. The minimum absolute atomic E-state index is 0.565. The molecular formula is C18H17N2P. The normalized spacial score (nSPS) is 10.7. The molecule has 0 unspecified atom stereocenters. The number of hydrogen-bond acceptors (Lipinski definition) is 2. The van der Waals surface area contributed by atoms with Crippen molar-refractivity contribution in [1.82, 2.24) is 10.1 Å². The van der Waals surface area contributed by atoms with Gasteiger partial charge < -0.3 is 0 Å². The van der Waals surface area contributed by atoms with Crippen LogP contribution in [-0.4, -0.2) is 4.98 Å². The van der Waals surface area contributed by atoms with Gasteiger partial charge in [0.05, 0.1) is 5.69 Å². The van der Waals surface area contributed by atoms with Crippen LogP contribution < -0.4 is 15.7 Å². The molecule has 2 nitrogen and oxygen atoms in total. The van der Waals surface area contributed by atoms with E-state index in [1.807, 2.05) is 18.3 Å². The maximum atomic E-state index is 4.39. The van der Waals surface area contributed by atoms with Gasteiger partial charge in [-0.2, -0.15) is 0 Å². The summed E-state index contributed by atoms with van der Waals surface area (Å²) in [6, 6.07) is 27.2. The third kappa shape index (κ3) is 3.75. The number of benzene rings is 2. The van der Waals surface area contributed by atoms with E-state index in [0.717, 1.165) is 12.2 Å². The van der Waals surface area contributed by atoms with Crippen molar-refractivity contribution in [1.29, 1.82) is 0 Å². The van der Waals surface area contributed by atoms with Gasteiger partial charge in [0, 0.05) is 20.8 Å². The average Bonchev–Trinajstić information content (AvgIpc) is 2.58. The van der Waals surface area contributed by atoms with E-state index in [2.05, 4.69) is 76.8 Å². The van der Waals surface area contributed by atoms with Crippen LogP contribution in [0.2, 0.25) is 0 Å². The summed E-state index contributed by atoms with van der Waals surface area (Å²) in [5.74, 6) is 0. The summed E-state index contributed by atoms with van der Waals surface area (Å²) in [5, 5.41) is 6.33. The minimum Gasteiger partial charge on any atom is -0.283 e. The Morgan fingerprint density at radius 2 is 1.29 bits per heavy atom. The Morgan fingerprint density at radius 1 is 0.714 bits per heavy atom. The summed E-state index contributed by atoms with van der Waals surface area (Å²) in [5.41, 5.74) is 1.07. The van der Waals surface area contributed by atoms with E-state index >= 15 is 0 Å². The van der Waals surface area contributed by atoms with Gasteiger partial charge in [-0.05, 0) is 22.7 Å². The first-order chi connectivity index (χ1) is 10.4. The largest absolute Gasteiger partial charge is 0.283 e. The van der Waals surface area contributed by atoms with Crippen LogP contribution in [0.4, 0.5) is 0 Å². The van der Waals surface area contributed by atoms with Gasteiger partial charge in [0.1, 0.15) is 0 Å². The monoisotopic (exact) mass is 292 g/mol. The number of pyridine rings is 1. The first-order valence-electron chi connectivity index (χ1n) is 6.97. The Hall–Kier alpha value is -2.02. The molecule has 0 aliphatic rings. The highest BCUT2D eigenvalue weighted by atomic mass is 31.1. The predicted octanol–water partition coefficient (Wildman–Crippen LogP) is 3.22. The number of nitrogens with one attached hydrogen (secondary N) is 1. The van der Waals surface area contributed by atoms with E-state index < -0.39 is 8.07 Å². The second kappa shape index (κ2) is 7.12. The predicted molar refractivity (Wildman–Crippen MR) is 90.1 cm³/mol. The van der Waals surface area contributed by atoms with Crippen LogP contribution in [0.3, 0.4) is 0 Å². The highest BCUT2D eigenvalue weighted by molar-refractivity contribution is 7.71. The third-order valence-electron chi connectivity index (χ3n) is 3.17. The van der Waals surface area contributed by atoms with Gasteiger partial charge in [-0.3, -0.25) is 10.1 Å². The molecular weight excluding hydrogens is 275 g/mol. The number of nitrogens with zero attached hydrogens (tertiary/aromatic N) is 1. The average molecular weight is 292 g/mol. The number of rotatable bonds is 5. The fourth-order valence-corrected chi connectivity index (χ4v) is 4.07. The van der Waals surface area contributed by atoms with Crippen molar-refractivity contribution in [3.8, 4) is 0 Å². The van der Waals surface area contributed by atoms with Gasteiger partial charge in [-0.1, -0.05) is 66.7 Å². The third-order valence-corrected chi connectivity index (χ3v) is 5.28. The van der Waals surface area contributed by atoms with Crippen LogP contribution in [0.5, 0.6) is 0 Å². The van der Waals surface area contributed by atoms with Gasteiger partial charge in [0.2, 0.25) is 0 Å². The first kappa shape index (κ1) is 13.9. The molecule has 0 atom stereocenters. The van der Waals surface area contributed by atoms with Crippen LogP contribution in [0, 0.1) is 0 Å². The highest BCUT2D eigenvalue weighted by Crippen LogP contribution is 2.28. The molecule has 0 aliphatic heterocycles. The summed E-state index contributed by atoms with van der Waals surface area (Å²) in [6.07, 6.45) is 1.84. The fraction of sp³-hybridized carbons (Fsp3) is 0.0556. The smallest absolute Gasteiger partial charge is 0.0544 e. The van der Waals surface area contributed by atoms with Crippen molar-refractivity contribution in [3.63, 3.8) is 0 Å². The van der Waals surface area contributed by atoms with Crippen LogP contribution in [0.1, 0.15) is 5.69 Å². The Labute approximate surface area is 126 Å². The molecule has 0 aliphatic carbocycles. The van der Waals surface area contributed by atoms with Crippen LogP contribution in [0.15, 0.2) is 85.1 Å². The molecule has 3 aromatic rings. The lowest BCUT2D eigenvalue weighted by molar-refractivity contribution is 0.915. The summed E-state index contributed by atoms with van der Waals surface area (Å²) in [4.78, 5) is 4.39. The van der Waals surface area contributed by atoms with Crippen LogP contribution >= 0.6 is 8.07 Å². The van der Waals surface area contributed by atoms with Crippen molar-refractivity contribution < 1.29 is 0 Å². The summed E-state index contributed by atoms with van der Waals surface area (Å²) < 4.78 is 0. The Balaban J connectivity index is 1.83. The van der Waals surface area contributed by atoms with Crippen molar-refractivity contribution in [2.24, 2.45) is 0 Å². The molecule has 1 heterocycles. The lowest BCUT2D eigenvalue weighted by Crippen LogP contribution is -2.23. The molecule has 0 fully saturated rings. The van der Waals surface area contributed by atoms with E-state index in [9.17, 15) is 0 Å². The molecule has 3 heteroatoms. The minimum atomic E-state index is -0.565. The highest BCUT2D eigenvalue weighted by Gasteiger charge is 2.12. The Bertz CT molecular complexity index is 617. The van der Waals surface area contributed by atoms with Crippen LogP contribution in [0.25, 0.3) is 0 Å². The van der Waals surface area contributed by atoms with Crippen LogP contribution in [-0.2, 0) is 6.54 Å². The van der Waals surface area contributed by atoms with Gasteiger partial charge in [-0.15, -0.1) is 0 Å². The standard InChI is InChI=1S/C18H17N2P/c1-3-10-17(11-4-1)21(18-12-5-2-6-13-18)20-15-16-9-7-8-14-19-16/h1-14,20H,15H2. The molecule has 0 saturated heterocycles. The van der Waals surface area contributed by atoms with Crippen molar-refractivity contribution in [2.75, 3.05) is 0 Å². The molecule has 0 amide bonds. The van der Waals surface area contributed by atoms with Crippen molar-refractivity contribution in [2.45, 2.75) is 6.54 Å². The molecule has 0 bridgehead atoms. The second-order valence-electron chi connectivity index (χ2n) is 4.66. The summed E-state index contributed by atoms with van der Waals surface area (Å²) >= 11 is 0. The summed E-state index contributed by atoms with van der Waals surface area (Å²) in [7, 11) is -0.565. The van der Waals surface area contributed by atoms with Crippen molar-refractivity contribution in [3.05, 3.63) is 90.8 Å². The molecule has 1 aromatic heterocycles. The number of aromatic nitrogens is 1. The topological polar surface area (TPSA) is 24.9 Å². The lowest BCUT2D eigenvalue weighted by atomic mass is 10.4. The van der Waals surface area contributed by atoms with E-state index in [1.165, 1.54) is 10.6 Å². The maximum absolute atomic E-state index is 4.39. The van der Waals surface area contributed by atoms with Gasteiger partial charge in [0.25, 0.3) is 0 Å². The molecule has 104 valence electrons. The Morgan fingerprint density at radius 3 is 1.81 bits per heavy atom. The van der Waals surface area contributed by atoms with E-state index in [1.54, 1.807) is 0 Å². The molecule has 0 spiro atoms. The Kier molecular flexibility index (Phi) is 4.73. The fourth-order valence-electron chi connectivity index (χ4n) is 2.15. The molecule has 21 heavy (non-hydrogen) atoms. The molecule has 1 N–H and O–H groups in total. The maximum Gasteiger partial charge on any atom is 0.0544 e. The summed E-state index contributed by atoms with van der Waals surface area (Å²) in [6.45, 7) is 0.774. The zero-order valence-electron chi connectivity index (χ0n) is 11.7. The molecule has 0 radical (unpaired) electrons. The van der Waals surface area contributed by atoms with Gasteiger partial charge >= 0.3 is 0 Å².